The molecule has 2 aliphatic carbocycles. The van der Waals surface area contributed by atoms with E-state index in [1.54, 1.807) is 12.1 Å². The van der Waals surface area contributed by atoms with Crippen LogP contribution in [0.3, 0.4) is 0 Å². The van der Waals surface area contributed by atoms with Gasteiger partial charge in [0.2, 0.25) is 23.6 Å². The van der Waals surface area contributed by atoms with Gasteiger partial charge < -0.3 is 5.11 Å². The Morgan fingerprint density at radius 1 is 0.653 bits per heavy atom. The minimum atomic E-state index is -1.01. The number of imide groups is 2. The largest absolute Gasteiger partial charge is 0.508 e. The third-order valence-corrected chi connectivity index (χ3v) is 10.5. The number of carbonyl (C=O) groups excluding carboxylic acids is 4. The van der Waals surface area contributed by atoms with Crippen LogP contribution in [0.2, 0.25) is 0 Å². The van der Waals surface area contributed by atoms with Gasteiger partial charge in [0.15, 0.2) is 0 Å². The molecule has 0 bridgehead atoms. The lowest BCUT2D eigenvalue weighted by Gasteiger charge is -2.44. The molecule has 0 spiro atoms. The monoisotopic (exact) mass is 658 g/mol. The number of hydrogen-bond acceptors (Lipinski definition) is 9. The highest BCUT2D eigenvalue weighted by atomic mass is 16.6. The molecule has 2 heterocycles. The first-order valence-corrected chi connectivity index (χ1v) is 15.7. The number of aromatic hydroxyl groups is 1. The fraction of sp³-hybridized carbons (Fsp3) is 0.222. The number of nitro groups is 2. The number of phenols is 1. The zero-order valence-corrected chi connectivity index (χ0v) is 25.5. The second-order valence-electron chi connectivity index (χ2n) is 12.8. The highest BCUT2D eigenvalue weighted by Crippen LogP contribution is 2.60. The molecule has 1 N–H and O–H groups in total. The van der Waals surface area contributed by atoms with Gasteiger partial charge in [0.1, 0.15) is 5.75 Å². The summed E-state index contributed by atoms with van der Waals surface area (Å²) in [6, 6.07) is 21.1. The fourth-order valence-electron chi connectivity index (χ4n) is 8.52. The lowest BCUT2D eigenvalue weighted by atomic mass is 9.56. The standard InChI is InChI=1S/C36H26N4O9/c41-28-14-11-18-5-1-2-10-23(18)30(28)31-24-12-13-25-29(35(44)37(33(25)42)19-6-3-8-21(15-19)39(46)47)26(24)17-27-32(31)36(45)38(34(27)43)20-7-4-9-22(16-20)40(48)49/h1-12,14-16,25-27,29,31-32,41H,13,17H2/t25-,26+,27+,29-,31+,32+/m0/s1. The van der Waals surface area contributed by atoms with Gasteiger partial charge in [0.05, 0.1) is 44.9 Å². The second kappa shape index (κ2) is 10.9. The zero-order valence-electron chi connectivity index (χ0n) is 25.5. The summed E-state index contributed by atoms with van der Waals surface area (Å²) in [5, 5.41) is 36.0. The first-order chi connectivity index (χ1) is 23.6. The summed E-state index contributed by atoms with van der Waals surface area (Å²) in [7, 11) is 0. The van der Waals surface area contributed by atoms with Gasteiger partial charge in [-0.25, -0.2) is 9.80 Å². The fourth-order valence-corrected chi connectivity index (χ4v) is 8.52. The number of amides is 4. The van der Waals surface area contributed by atoms with E-state index in [0.29, 0.717) is 16.5 Å². The minimum Gasteiger partial charge on any atom is -0.508 e. The molecule has 4 aromatic carbocycles. The van der Waals surface area contributed by atoms with Crippen molar-refractivity contribution in [3.8, 4) is 5.75 Å². The van der Waals surface area contributed by atoms with Crippen molar-refractivity contribution in [3.05, 3.63) is 122 Å². The van der Waals surface area contributed by atoms with Gasteiger partial charge in [0.25, 0.3) is 11.4 Å². The minimum absolute atomic E-state index is 0.0392. The van der Waals surface area contributed by atoms with Crippen LogP contribution >= 0.6 is 0 Å². The van der Waals surface area contributed by atoms with Gasteiger partial charge in [-0.3, -0.25) is 39.4 Å². The maximum atomic E-state index is 14.4. The predicted molar refractivity (Wildman–Crippen MR) is 174 cm³/mol. The molecule has 244 valence electrons. The van der Waals surface area contributed by atoms with Crippen molar-refractivity contribution in [1.82, 2.24) is 0 Å². The number of allylic oxidation sites excluding steroid dienone is 2. The predicted octanol–water partition coefficient (Wildman–Crippen LogP) is 5.41. The molecule has 2 saturated heterocycles. The van der Waals surface area contributed by atoms with Crippen LogP contribution in [-0.4, -0.2) is 38.6 Å². The first kappa shape index (κ1) is 30.1. The first-order valence-electron chi connectivity index (χ1n) is 15.7. The van der Waals surface area contributed by atoms with Gasteiger partial charge in [-0.15, -0.1) is 0 Å². The maximum absolute atomic E-state index is 14.4. The van der Waals surface area contributed by atoms with Crippen molar-refractivity contribution in [2.75, 3.05) is 9.80 Å². The summed E-state index contributed by atoms with van der Waals surface area (Å²) < 4.78 is 0. The molecule has 13 nitrogen and oxygen atoms in total. The van der Waals surface area contributed by atoms with E-state index in [2.05, 4.69) is 0 Å². The summed E-state index contributed by atoms with van der Waals surface area (Å²) in [6.07, 6.45) is 2.02. The summed E-state index contributed by atoms with van der Waals surface area (Å²) in [4.78, 5) is 80.6. The van der Waals surface area contributed by atoms with Crippen LogP contribution in [0.4, 0.5) is 22.7 Å². The number of benzene rings is 4. The van der Waals surface area contributed by atoms with Crippen molar-refractivity contribution in [2.45, 2.75) is 18.8 Å². The molecule has 13 heteroatoms. The Bertz CT molecular complexity index is 2210. The van der Waals surface area contributed by atoms with Gasteiger partial charge in [-0.1, -0.05) is 54.1 Å². The van der Waals surface area contributed by atoms with E-state index in [1.807, 2.05) is 24.3 Å². The average molecular weight is 659 g/mol. The van der Waals surface area contributed by atoms with E-state index in [9.17, 15) is 44.5 Å². The Kier molecular flexibility index (Phi) is 6.70. The number of carbonyl (C=O) groups is 4. The molecule has 6 atom stereocenters. The van der Waals surface area contributed by atoms with Crippen LogP contribution in [0.25, 0.3) is 10.8 Å². The molecule has 4 amide bonds. The Balaban J connectivity index is 1.28. The van der Waals surface area contributed by atoms with Crippen LogP contribution in [0, 0.1) is 49.8 Å². The van der Waals surface area contributed by atoms with E-state index < -0.39 is 69.0 Å². The molecule has 0 unspecified atom stereocenters. The number of rotatable bonds is 5. The summed E-state index contributed by atoms with van der Waals surface area (Å²) in [5.74, 6) is -7.63. The van der Waals surface area contributed by atoms with E-state index in [1.165, 1.54) is 48.5 Å². The van der Waals surface area contributed by atoms with E-state index in [4.69, 9.17) is 0 Å². The average Bonchev–Trinajstić information content (AvgIpc) is 3.51. The quantitative estimate of drug-likeness (QED) is 0.127. The van der Waals surface area contributed by atoms with Crippen molar-refractivity contribution < 1.29 is 34.1 Å². The van der Waals surface area contributed by atoms with Crippen LogP contribution in [0.1, 0.15) is 24.3 Å². The molecular formula is C36H26N4O9. The number of anilines is 2. The van der Waals surface area contributed by atoms with Gasteiger partial charge in [-0.2, -0.15) is 0 Å². The lowest BCUT2D eigenvalue weighted by molar-refractivity contribution is -0.385. The number of nitro benzene ring substituents is 2. The molecule has 0 aromatic heterocycles. The van der Waals surface area contributed by atoms with Crippen molar-refractivity contribution in [1.29, 1.82) is 0 Å². The summed E-state index contributed by atoms with van der Waals surface area (Å²) >= 11 is 0. The Morgan fingerprint density at radius 3 is 1.88 bits per heavy atom. The van der Waals surface area contributed by atoms with Crippen LogP contribution in [0.15, 0.2) is 96.6 Å². The highest BCUT2D eigenvalue weighted by Gasteiger charge is 2.62. The van der Waals surface area contributed by atoms with Crippen molar-refractivity contribution in [3.63, 3.8) is 0 Å². The van der Waals surface area contributed by atoms with Crippen molar-refractivity contribution in [2.24, 2.45) is 29.6 Å². The molecule has 4 aromatic rings. The molecule has 3 fully saturated rings. The lowest BCUT2D eigenvalue weighted by Crippen LogP contribution is -2.43. The molecule has 1 saturated carbocycles. The molecule has 2 aliphatic heterocycles. The Hall–Kier alpha value is -6.24. The zero-order chi connectivity index (χ0) is 34.3. The van der Waals surface area contributed by atoms with Gasteiger partial charge in [-0.05, 0) is 47.7 Å². The van der Waals surface area contributed by atoms with E-state index in [-0.39, 0.29) is 41.3 Å². The van der Waals surface area contributed by atoms with Crippen LogP contribution < -0.4 is 9.80 Å². The third-order valence-electron chi connectivity index (χ3n) is 10.5. The number of phenolic OH excluding ortho intramolecular Hbond substituents is 1. The molecule has 0 radical (unpaired) electrons. The number of non-ortho nitro benzene ring substituents is 2. The van der Waals surface area contributed by atoms with Gasteiger partial charge in [0, 0.05) is 35.7 Å². The third kappa shape index (κ3) is 4.38. The normalized spacial score (nSPS) is 26.0. The van der Waals surface area contributed by atoms with Crippen molar-refractivity contribution >= 4 is 57.2 Å². The molecule has 4 aliphatic rings. The Morgan fingerprint density at radius 2 is 1.24 bits per heavy atom. The highest BCUT2D eigenvalue weighted by molar-refractivity contribution is 6.24. The van der Waals surface area contributed by atoms with E-state index in [0.717, 1.165) is 21.3 Å². The maximum Gasteiger partial charge on any atom is 0.271 e. The molecule has 49 heavy (non-hydrogen) atoms. The molecule has 8 rings (SSSR count). The number of nitrogens with zero attached hydrogens (tertiary/aromatic N) is 4. The summed E-state index contributed by atoms with van der Waals surface area (Å²) in [5.41, 5.74) is 0.594. The second-order valence-corrected chi connectivity index (χ2v) is 12.8. The summed E-state index contributed by atoms with van der Waals surface area (Å²) in [6.45, 7) is 0. The smallest absolute Gasteiger partial charge is 0.271 e. The van der Waals surface area contributed by atoms with Gasteiger partial charge >= 0.3 is 0 Å². The van der Waals surface area contributed by atoms with Crippen LogP contribution in [-0.2, 0) is 19.2 Å². The topological polar surface area (TPSA) is 181 Å². The Labute approximate surface area is 277 Å². The molecular weight excluding hydrogens is 632 g/mol. The number of fused-ring (bicyclic) bond motifs is 5. The number of hydrogen-bond donors (Lipinski definition) is 1. The SMILES string of the molecule is O=C1[C@H]2[C@H](CC=C3[C@H]2C[C@H]2C(=O)N(c4cccc([N+](=O)[O-])c4)C(=O)[C@H]2[C@H]3c2c(O)ccc3ccccc23)C(=O)N1c1cccc([N+](=O)[O-])c1. The van der Waals surface area contributed by atoms with Crippen LogP contribution in [0.5, 0.6) is 5.75 Å². The van der Waals surface area contributed by atoms with E-state index >= 15 is 0 Å².